The van der Waals surface area contributed by atoms with E-state index in [1.165, 1.54) is 4.88 Å². The summed E-state index contributed by atoms with van der Waals surface area (Å²) in [5.41, 5.74) is 2.83. The Kier molecular flexibility index (Phi) is 2.30. The smallest absolute Gasteiger partial charge is 0.151 e. The molecule has 4 heteroatoms. The normalized spacial score (nSPS) is 10.9. The van der Waals surface area contributed by atoms with Gasteiger partial charge in [0.25, 0.3) is 0 Å². The maximum absolute atomic E-state index is 10.7. The van der Waals surface area contributed by atoms with Gasteiger partial charge in [-0.25, -0.2) is 4.98 Å². The van der Waals surface area contributed by atoms with E-state index in [2.05, 4.69) is 11.1 Å². The predicted molar refractivity (Wildman–Crippen MR) is 68.6 cm³/mol. The minimum Gasteiger partial charge on any atom is -0.322 e. The van der Waals surface area contributed by atoms with Crippen LogP contribution in [-0.4, -0.2) is 15.7 Å². The molecular formula is C13H10N2OS. The minimum atomic E-state index is 0.676. The number of aldehydes is 1. The fourth-order valence-corrected chi connectivity index (χ4v) is 2.55. The van der Waals surface area contributed by atoms with Crippen LogP contribution in [0.2, 0.25) is 0 Å². The van der Waals surface area contributed by atoms with Gasteiger partial charge >= 0.3 is 0 Å². The van der Waals surface area contributed by atoms with E-state index in [1.807, 2.05) is 42.0 Å². The van der Waals surface area contributed by atoms with Gasteiger partial charge in [0.2, 0.25) is 0 Å². The van der Waals surface area contributed by atoms with Crippen LogP contribution in [0.3, 0.4) is 0 Å². The lowest BCUT2D eigenvalue weighted by Gasteiger charge is -1.93. The van der Waals surface area contributed by atoms with Crippen molar-refractivity contribution in [3.05, 3.63) is 47.2 Å². The van der Waals surface area contributed by atoms with Crippen molar-refractivity contribution in [2.75, 3.05) is 0 Å². The number of carbonyl (C=O) groups excluding carboxylic acids is 1. The fourth-order valence-electron chi connectivity index (χ4n) is 1.80. The maximum Gasteiger partial charge on any atom is 0.151 e. The summed E-state index contributed by atoms with van der Waals surface area (Å²) < 4.78 is 1.95. The van der Waals surface area contributed by atoms with E-state index in [0.29, 0.717) is 5.56 Å². The largest absolute Gasteiger partial charge is 0.322 e. The van der Waals surface area contributed by atoms with Gasteiger partial charge in [0, 0.05) is 40.1 Å². The first kappa shape index (κ1) is 10.2. The summed E-state index contributed by atoms with van der Waals surface area (Å²) in [7, 11) is 0. The number of hydrogen-bond acceptors (Lipinski definition) is 3. The van der Waals surface area contributed by atoms with Crippen LogP contribution in [0.1, 0.15) is 15.2 Å². The number of rotatable bonds is 2. The lowest BCUT2D eigenvalue weighted by atomic mass is 10.3. The summed E-state index contributed by atoms with van der Waals surface area (Å²) in [5.74, 6) is 0. The molecule has 3 nitrogen and oxygen atoms in total. The second-order valence-corrected chi connectivity index (χ2v) is 5.15. The Balaban J connectivity index is 2.16. The molecule has 0 bridgehead atoms. The molecule has 0 unspecified atom stereocenters. The number of carbonyl (C=O) groups is 1. The number of aromatic nitrogens is 2. The lowest BCUT2D eigenvalue weighted by Crippen LogP contribution is -1.85. The molecule has 0 saturated heterocycles. The Bertz CT molecular complexity index is 696. The van der Waals surface area contributed by atoms with Crippen LogP contribution in [0.5, 0.6) is 0 Å². The van der Waals surface area contributed by atoms with Crippen molar-refractivity contribution in [3.63, 3.8) is 0 Å². The average Bonchev–Trinajstić information content (AvgIpc) is 2.93. The van der Waals surface area contributed by atoms with Crippen molar-refractivity contribution in [1.82, 2.24) is 9.38 Å². The third-order valence-electron chi connectivity index (χ3n) is 2.62. The quantitative estimate of drug-likeness (QED) is 0.647. The Morgan fingerprint density at radius 3 is 2.94 bits per heavy atom. The molecule has 0 fully saturated rings. The molecule has 3 aromatic rings. The molecule has 0 atom stereocenters. The van der Waals surface area contributed by atoms with Gasteiger partial charge in [0.15, 0.2) is 6.29 Å². The second-order valence-electron chi connectivity index (χ2n) is 3.92. The molecule has 0 aliphatic carbocycles. The van der Waals surface area contributed by atoms with E-state index >= 15 is 0 Å². The molecule has 84 valence electrons. The van der Waals surface area contributed by atoms with Crippen molar-refractivity contribution in [1.29, 1.82) is 0 Å². The van der Waals surface area contributed by atoms with E-state index in [1.54, 1.807) is 11.3 Å². The average molecular weight is 242 g/mol. The highest BCUT2D eigenvalue weighted by molar-refractivity contribution is 7.14. The van der Waals surface area contributed by atoms with Crippen molar-refractivity contribution in [3.8, 4) is 10.6 Å². The molecule has 0 radical (unpaired) electrons. The summed E-state index contributed by atoms with van der Waals surface area (Å²) in [5, 5.41) is 1.01. The minimum absolute atomic E-state index is 0.676. The monoisotopic (exact) mass is 242 g/mol. The molecule has 0 N–H and O–H groups in total. The third-order valence-corrected chi connectivity index (χ3v) is 3.58. The number of pyridine rings is 1. The van der Waals surface area contributed by atoms with Crippen LogP contribution < -0.4 is 0 Å². The highest BCUT2D eigenvalue weighted by Gasteiger charge is 2.06. The Hall–Kier alpha value is -1.94. The number of aryl methyl sites for hydroxylation is 1. The van der Waals surface area contributed by atoms with E-state index in [4.69, 9.17) is 0 Å². The van der Waals surface area contributed by atoms with Crippen LogP contribution in [-0.2, 0) is 0 Å². The molecule has 0 spiro atoms. The molecule has 0 aliphatic heterocycles. The van der Waals surface area contributed by atoms with E-state index in [0.717, 1.165) is 22.4 Å². The number of hydrogen-bond donors (Lipinski definition) is 0. The summed E-state index contributed by atoms with van der Waals surface area (Å²) >= 11 is 1.67. The van der Waals surface area contributed by atoms with Crippen molar-refractivity contribution in [2.45, 2.75) is 6.92 Å². The Labute approximate surface area is 102 Å². The van der Waals surface area contributed by atoms with Gasteiger partial charge in [-0.3, -0.25) is 4.79 Å². The summed E-state index contributed by atoms with van der Waals surface area (Å²) in [4.78, 5) is 16.3. The number of fused-ring (bicyclic) bond motifs is 1. The van der Waals surface area contributed by atoms with E-state index in [9.17, 15) is 4.79 Å². The first-order chi connectivity index (χ1) is 8.26. The Morgan fingerprint density at radius 2 is 2.24 bits per heavy atom. The van der Waals surface area contributed by atoms with Gasteiger partial charge in [0.05, 0.1) is 0 Å². The standard InChI is InChI=1S/C13H10N2OS/c1-9-5-14-13(17-9)11-4-12-3-2-10(8-16)6-15(12)7-11/h2-8H,1H3. The van der Waals surface area contributed by atoms with Gasteiger partial charge < -0.3 is 4.40 Å². The summed E-state index contributed by atoms with van der Waals surface area (Å²) in [6, 6.07) is 5.83. The van der Waals surface area contributed by atoms with Gasteiger partial charge in [0.1, 0.15) is 5.01 Å². The molecule has 3 aromatic heterocycles. The molecule has 0 aromatic carbocycles. The first-order valence-electron chi connectivity index (χ1n) is 5.26. The zero-order valence-electron chi connectivity index (χ0n) is 9.25. The molecule has 17 heavy (non-hydrogen) atoms. The number of thiazole rings is 1. The van der Waals surface area contributed by atoms with Crippen LogP contribution >= 0.6 is 11.3 Å². The lowest BCUT2D eigenvalue weighted by molar-refractivity contribution is 0.112. The third kappa shape index (κ3) is 1.76. The van der Waals surface area contributed by atoms with Gasteiger partial charge in [-0.05, 0) is 25.1 Å². The van der Waals surface area contributed by atoms with E-state index < -0.39 is 0 Å². The first-order valence-corrected chi connectivity index (χ1v) is 6.07. The topological polar surface area (TPSA) is 34.4 Å². The highest BCUT2D eigenvalue weighted by Crippen LogP contribution is 2.26. The second kappa shape index (κ2) is 3.82. The zero-order chi connectivity index (χ0) is 11.8. The van der Waals surface area contributed by atoms with Crippen molar-refractivity contribution in [2.24, 2.45) is 0 Å². The van der Waals surface area contributed by atoms with Gasteiger partial charge in [-0.15, -0.1) is 11.3 Å². The van der Waals surface area contributed by atoms with Crippen molar-refractivity contribution >= 4 is 23.1 Å². The molecule has 3 rings (SSSR count). The molecule has 0 aliphatic rings. The van der Waals surface area contributed by atoms with Gasteiger partial charge in [-0.1, -0.05) is 0 Å². The molecular weight excluding hydrogens is 232 g/mol. The SMILES string of the molecule is Cc1cnc(-c2cc3ccc(C=O)cn3c2)s1. The van der Waals surface area contributed by atoms with Crippen molar-refractivity contribution < 1.29 is 4.79 Å². The van der Waals surface area contributed by atoms with Crippen LogP contribution in [0.25, 0.3) is 16.1 Å². The molecule has 0 amide bonds. The van der Waals surface area contributed by atoms with E-state index in [-0.39, 0.29) is 0 Å². The predicted octanol–water partition coefficient (Wildman–Crippen LogP) is 3.18. The Morgan fingerprint density at radius 1 is 1.35 bits per heavy atom. The summed E-state index contributed by atoms with van der Waals surface area (Å²) in [6.07, 6.45) is 6.55. The number of nitrogens with zero attached hydrogens (tertiary/aromatic N) is 2. The maximum atomic E-state index is 10.7. The van der Waals surface area contributed by atoms with Crippen LogP contribution in [0.4, 0.5) is 0 Å². The summed E-state index contributed by atoms with van der Waals surface area (Å²) in [6.45, 7) is 2.04. The molecule has 3 heterocycles. The fraction of sp³-hybridized carbons (Fsp3) is 0.0769. The highest BCUT2D eigenvalue weighted by atomic mass is 32.1. The van der Waals surface area contributed by atoms with Crippen LogP contribution in [0, 0.1) is 6.92 Å². The molecule has 0 saturated carbocycles. The van der Waals surface area contributed by atoms with Crippen LogP contribution in [0.15, 0.2) is 36.8 Å². The zero-order valence-corrected chi connectivity index (χ0v) is 10.1. The van der Waals surface area contributed by atoms with Gasteiger partial charge in [-0.2, -0.15) is 0 Å².